The molecule has 48 heavy (non-hydrogen) atoms. The highest BCUT2D eigenvalue weighted by molar-refractivity contribution is 6.36. The van der Waals surface area contributed by atoms with Crippen LogP contribution in [0.1, 0.15) is 40.7 Å². The number of methoxy groups -OCH3 is 3. The van der Waals surface area contributed by atoms with Crippen molar-refractivity contribution in [3.8, 4) is 39.6 Å². The maximum Gasteiger partial charge on any atom is 0.303 e. The van der Waals surface area contributed by atoms with Crippen LogP contribution in [0.25, 0.3) is 22.3 Å². The van der Waals surface area contributed by atoms with Gasteiger partial charge in [-0.15, -0.1) is 0 Å². The number of likely N-dealkylation sites (tertiary alicyclic amines) is 1. The average molecular weight is 675 g/mol. The van der Waals surface area contributed by atoms with Gasteiger partial charge in [-0.2, -0.15) is 4.98 Å². The maximum absolute atomic E-state index is 15.8. The number of carboxylic acids is 1. The zero-order valence-corrected chi connectivity index (χ0v) is 27.6. The number of hydrogen-bond donors (Lipinski definition) is 3. The fourth-order valence-corrected chi connectivity index (χ4v) is 6.43. The number of carboxylic acid groups (broad SMARTS) is 1. The molecule has 2 heterocycles. The molecule has 10 nitrogen and oxygen atoms in total. The summed E-state index contributed by atoms with van der Waals surface area (Å²) in [5.41, 5.74) is 4.06. The summed E-state index contributed by atoms with van der Waals surface area (Å²) in [7, 11) is 4.34. The number of hydrogen-bond acceptors (Lipinski definition) is 9. The largest absolute Gasteiger partial charge is 0.496 e. The van der Waals surface area contributed by atoms with E-state index in [-0.39, 0.29) is 29.5 Å². The van der Waals surface area contributed by atoms with Crippen molar-refractivity contribution < 1.29 is 33.3 Å². The van der Waals surface area contributed by atoms with Gasteiger partial charge in [0.1, 0.15) is 28.7 Å². The van der Waals surface area contributed by atoms with Crippen LogP contribution in [0.4, 0.5) is 15.9 Å². The number of carbonyl (C=O) groups excluding carboxylic acids is 1. The molecule has 0 saturated carbocycles. The Kier molecular flexibility index (Phi) is 10.9. The predicted octanol–water partition coefficient (Wildman–Crippen LogP) is 7.47. The van der Waals surface area contributed by atoms with E-state index in [4.69, 9.17) is 36.3 Å². The Hall–Kier alpha value is -5.00. The number of aliphatic carboxylic acids is 1. The van der Waals surface area contributed by atoms with Crippen LogP contribution in [0.3, 0.4) is 0 Å². The molecule has 5 rings (SSSR count). The van der Waals surface area contributed by atoms with E-state index in [2.05, 4.69) is 15.2 Å². The van der Waals surface area contributed by atoms with Crippen molar-refractivity contribution in [2.45, 2.75) is 25.8 Å². The molecule has 0 atom stereocenters. The number of nitrogens with zero attached hydrogens (tertiary/aromatic N) is 2. The molecule has 0 unspecified atom stereocenters. The number of aldehydes is 1. The van der Waals surface area contributed by atoms with Gasteiger partial charge >= 0.3 is 5.97 Å². The molecule has 1 fully saturated rings. The lowest BCUT2D eigenvalue weighted by atomic mass is 9.93. The number of halogens is 2. The molecule has 0 aliphatic carbocycles. The first kappa shape index (κ1) is 34.3. The fourth-order valence-electron chi connectivity index (χ4n) is 6.09. The van der Waals surface area contributed by atoms with Crippen LogP contribution in [0, 0.1) is 17.1 Å². The molecular weight excluding hydrogens is 639 g/mol. The number of benzene rings is 3. The van der Waals surface area contributed by atoms with E-state index in [1.54, 1.807) is 24.3 Å². The van der Waals surface area contributed by atoms with Crippen LogP contribution in [0.15, 0.2) is 54.6 Å². The fraction of sp³-hybridized carbons (Fsp3) is 0.278. The van der Waals surface area contributed by atoms with E-state index < -0.39 is 11.8 Å². The quantitative estimate of drug-likeness (QED) is 0.0975. The number of pyridine rings is 1. The highest BCUT2D eigenvalue weighted by Gasteiger charge is 2.24. The zero-order valence-electron chi connectivity index (χ0n) is 26.8. The Morgan fingerprint density at radius 3 is 2.35 bits per heavy atom. The summed E-state index contributed by atoms with van der Waals surface area (Å²) >= 11 is 7.04. The molecule has 4 aromatic rings. The second kappa shape index (κ2) is 15.3. The van der Waals surface area contributed by atoms with Crippen LogP contribution in [-0.4, -0.2) is 67.9 Å². The van der Waals surface area contributed by atoms with Gasteiger partial charge < -0.3 is 30.0 Å². The Morgan fingerprint density at radius 2 is 1.71 bits per heavy atom. The first-order chi connectivity index (χ1) is 23.2. The van der Waals surface area contributed by atoms with E-state index in [1.807, 2.05) is 24.3 Å². The molecule has 1 aromatic heterocycles. The average Bonchev–Trinajstić information content (AvgIpc) is 3.09. The third-order valence-electron chi connectivity index (χ3n) is 8.56. The Morgan fingerprint density at radius 1 is 1.02 bits per heavy atom. The van der Waals surface area contributed by atoms with E-state index in [0.717, 1.165) is 12.8 Å². The smallest absolute Gasteiger partial charge is 0.303 e. The molecule has 3 aromatic carbocycles. The summed E-state index contributed by atoms with van der Waals surface area (Å²) in [5, 5.41) is 21.0. The van der Waals surface area contributed by atoms with Gasteiger partial charge in [-0.05, 0) is 61.2 Å². The Bertz CT molecular complexity index is 1820. The van der Waals surface area contributed by atoms with Gasteiger partial charge in [0.25, 0.3) is 0 Å². The summed E-state index contributed by atoms with van der Waals surface area (Å²) in [6.07, 6.45) is 3.46. The second-order valence-corrected chi connectivity index (χ2v) is 11.8. The van der Waals surface area contributed by atoms with Crippen molar-refractivity contribution in [2.24, 2.45) is 5.92 Å². The SMILES string of the molecule is COc1cc(Nc2cccc(-c3cccc(-c4cc(F)c(CN5CCC(CC(=O)O)CC5)c(OC)c4)c3Cl)c2C=N)nc(OC)c1C=O. The predicted molar refractivity (Wildman–Crippen MR) is 183 cm³/mol. The van der Waals surface area contributed by atoms with Crippen molar-refractivity contribution in [2.75, 3.05) is 39.7 Å². The zero-order chi connectivity index (χ0) is 34.4. The molecule has 12 heteroatoms. The number of piperidine rings is 1. The van der Waals surface area contributed by atoms with Crippen molar-refractivity contribution in [3.63, 3.8) is 0 Å². The standard InChI is InChI=1S/C36H36ClFN4O6/c1-46-31-16-22(15-29(38)27(31)19-42-12-10-21(11-13-42)14-34(44)45)23-6-4-8-25(35(23)37)24-7-5-9-30(26(24)18-39)40-33-17-32(47-2)28(20-43)36(41-33)48-3/h4-9,15-18,20-21,39H,10-14,19H2,1-3H3,(H,40,41)(H,44,45). The number of anilines is 2. The van der Waals surface area contributed by atoms with Gasteiger partial charge in [-0.3, -0.25) is 14.5 Å². The van der Waals surface area contributed by atoms with Gasteiger partial charge in [-0.1, -0.05) is 41.9 Å². The van der Waals surface area contributed by atoms with E-state index in [9.17, 15) is 9.59 Å². The molecule has 3 N–H and O–H groups in total. The molecule has 0 radical (unpaired) electrons. The molecule has 1 aliphatic rings. The highest BCUT2D eigenvalue weighted by Crippen LogP contribution is 2.41. The minimum Gasteiger partial charge on any atom is -0.496 e. The van der Waals surface area contributed by atoms with Crippen LogP contribution in [0.2, 0.25) is 5.02 Å². The van der Waals surface area contributed by atoms with Crippen LogP contribution in [0.5, 0.6) is 17.4 Å². The summed E-state index contributed by atoms with van der Waals surface area (Å²) in [6, 6.07) is 15.7. The van der Waals surface area contributed by atoms with Gasteiger partial charge in [0, 0.05) is 53.2 Å². The maximum atomic E-state index is 15.8. The first-order valence-corrected chi connectivity index (χ1v) is 15.7. The Balaban J connectivity index is 1.46. The van der Waals surface area contributed by atoms with E-state index in [1.165, 1.54) is 33.6 Å². The lowest BCUT2D eigenvalue weighted by molar-refractivity contribution is -0.138. The van der Waals surface area contributed by atoms with Gasteiger partial charge in [0.15, 0.2) is 6.29 Å². The van der Waals surface area contributed by atoms with Crippen molar-refractivity contribution in [1.29, 1.82) is 5.41 Å². The van der Waals surface area contributed by atoms with Crippen LogP contribution >= 0.6 is 11.6 Å². The third-order valence-corrected chi connectivity index (χ3v) is 8.96. The minimum absolute atomic E-state index is 0.0872. The molecule has 0 spiro atoms. The number of ether oxygens (including phenoxy) is 3. The molecule has 0 bridgehead atoms. The van der Waals surface area contributed by atoms with Crippen LogP contribution < -0.4 is 19.5 Å². The topological polar surface area (TPSA) is 134 Å². The van der Waals surface area contributed by atoms with Crippen LogP contribution in [-0.2, 0) is 11.3 Å². The Labute approximate surface area is 282 Å². The molecule has 0 amide bonds. The van der Waals surface area contributed by atoms with Gasteiger partial charge in [-0.25, -0.2) is 4.39 Å². The molecule has 1 aliphatic heterocycles. The highest BCUT2D eigenvalue weighted by atomic mass is 35.5. The monoisotopic (exact) mass is 674 g/mol. The van der Waals surface area contributed by atoms with Gasteiger partial charge in [0.05, 0.1) is 26.4 Å². The van der Waals surface area contributed by atoms with E-state index in [0.29, 0.717) is 81.6 Å². The summed E-state index contributed by atoms with van der Waals surface area (Å²) in [5.74, 6) is 0.000803. The second-order valence-electron chi connectivity index (χ2n) is 11.4. The normalized spacial score (nSPS) is 13.5. The molecular formula is C36H36ClFN4O6. The van der Waals surface area contributed by atoms with Crippen molar-refractivity contribution in [1.82, 2.24) is 9.88 Å². The number of rotatable bonds is 13. The van der Waals surface area contributed by atoms with Crippen molar-refractivity contribution in [3.05, 3.63) is 82.1 Å². The molecule has 250 valence electrons. The summed E-state index contributed by atoms with van der Waals surface area (Å²) in [4.78, 5) is 29.2. The lowest BCUT2D eigenvalue weighted by Gasteiger charge is -2.31. The number of carbonyl (C=O) groups is 2. The first-order valence-electron chi connectivity index (χ1n) is 15.3. The summed E-state index contributed by atoms with van der Waals surface area (Å²) < 4.78 is 32.1. The lowest BCUT2D eigenvalue weighted by Crippen LogP contribution is -2.34. The third kappa shape index (κ3) is 7.27. The number of aromatic nitrogens is 1. The molecule has 1 saturated heterocycles. The van der Waals surface area contributed by atoms with E-state index >= 15 is 4.39 Å². The van der Waals surface area contributed by atoms with Gasteiger partial charge in [0.2, 0.25) is 5.88 Å². The minimum atomic E-state index is -0.792. The summed E-state index contributed by atoms with van der Waals surface area (Å²) in [6.45, 7) is 1.71. The van der Waals surface area contributed by atoms with Crippen molar-refractivity contribution >= 4 is 41.6 Å². The number of nitrogens with one attached hydrogen (secondary N) is 2.